The summed E-state index contributed by atoms with van der Waals surface area (Å²) in [4.78, 5) is 0. The third kappa shape index (κ3) is 1.97. The Morgan fingerprint density at radius 1 is 1.62 bits per heavy atom. The minimum Gasteiger partial charge on any atom is -0.507 e. The van der Waals surface area contributed by atoms with Crippen LogP contribution in [0.4, 0.5) is 0 Å². The largest absolute Gasteiger partial charge is 0.507 e. The van der Waals surface area contributed by atoms with Crippen LogP contribution < -0.4 is 5.73 Å². The fourth-order valence-electron chi connectivity index (χ4n) is 1.08. The number of amidine groups is 1. The Morgan fingerprint density at radius 3 is 2.85 bits per heavy atom. The second-order valence-corrected chi connectivity index (χ2v) is 2.66. The van der Waals surface area contributed by atoms with Gasteiger partial charge in [-0.3, -0.25) is 5.41 Å². The summed E-state index contributed by atoms with van der Waals surface area (Å²) in [5.74, 6) is -0.118. The van der Waals surface area contributed by atoms with Gasteiger partial charge in [-0.15, -0.1) is 0 Å². The number of nitrogen functional groups attached to an aromatic ring is 1. The molecule has 0 saturated carbocycles. The van der Waals surface area contributed by atoms with Crippen molar-refractivity contribution in [3.63, 3.8) is 0 Å². The average molecular weight is 180 g/mol. The number of nitrogens with one attached hydrogen (secondary N) is 1. The number of phenols is 1. The van der Waals surface area contributed by atoms with Crippen molar-refractivity contribution in [3.8, 4) is 5.75 Å². The monoisotopic (exact) mass is 180 g/mol. The summed E-state index contributed by atoms with van der Waals surface area (Å²) in [5, 5.41) is 16.8. The number of aromatic hydroxyl groups is 1. The van der Waals surface area contributed by atoms with Crippen molar-refractivity contribution >= 4 is 5.84 Å². The van der Waals surface area contributed by atoms with Crippen LogP contribution in [-0.2, 0) is 11.3 Å². The summed E-state index contributed by atoms with van der Waals surface area (Å²) in [6.45, 7) is 0.312. The Morgan fingerprint density at radius 2 is 2.31 bits per heavy atom. The third-order valence-corrected chi connectivity index (χ3v) is 1.71. The first-order valence-electron chi connectivity index (χ1n) is 3.81. The Bertz CT molecular complexity index is 323. The molecule has 0 aromatic heterocycles. The van der Waals surface area contributed by atoms with Crippen LogP contribution in [-0.4, -0.2) is 18.1 Å². The van der Waals surface area contributed by atoms with Crippen molar-refractivity contribution in [2.45, 2.75) is 6.61 Å². The Balaban J connectivity index is 3.10. The lowest BCUT2D eigenvalue weighted by molar-refractivity contribution is 0.182. The van der Waals surface area contributed by atoms with E-state index in [1.54, 1.807) is 25.3 Å². The predicted octanol–water partition coefficient (Wildman–Crippen LogP) is 0.823. The molecule has 0 saturated heterocycles. The van der Waals surface area contributed by atoms with Crippen molar-refractivity contribution in [2.24, 2.45) is 5.73 Å². The highest BCUT2D eigenvalue weighted by molar-refractivity contribution is 5.97. The highest BCUT2D eigenvalue weighted by atomic mass is 16.5. The van der Waals surface area contributed by atoms with Crippen molar-refractivity contribution in [3.05, 3.63) is 29.3 Å². The van der Waals surface area contributed by atoms with Crippen molar-refractivity contribution in [1.29, 1.82) is 5.41 Å². The van der Waals surface area contributed by atoms with Gasteiger partial charge in [-0.1, -0.05) is 12.1 Å². The van der Waals surface area contributed by atoms with Crippen LogP contribution in [0.5, 0.6) is 5.75 Å². The van der Waals surface area contributed by atoms with Gasteiger partial charge in [0.2, 0.25) is 0 Å². The molecule has 0 bridgehead atoms. The van der Waals surface area contributed by atoms with Crippen LogP contribution in [0.25, 0.3) is 0 Å². The maximum atomic E-state index is 9.59. The van der Waals surface area contributed by atoms with E-state index in [0.29, 0.717) is 17.7 Å². The number of ether oxygens (including phenoxy) is 1. The zero-order valence-corrected chi connectivity index (χ0v) is 7.37. The van der Waals surface area contributed by atoms with Crippen LogP contribution in [0.15, 0.2) is 18.2 Å². The maximum Gasteiger partial charge on any atom is 0.131 e. The Kier molecular flexibility index (Phi) is 2.87. The summed E-state index contributed by atoms with van der Waals surface area (Å²) in [6, 6.07) is 5.05. The molecule has 0 atom stereocenters. The summed E-state index contributed by atoms with van der Waals surface area (Å²) >= 11 is 0. The normalized spacial score (nSPS) is 9.92. The van der Waals surface area contributed by atoms with E-state index in [0.717, 1.165) is 0 Å². The summed E-state index contributed by atoms with van der Waals surface area (Å²) in [5.41, 5.74) is 6.24. The number of phenolic OH excluding ortho intramolecular Hbond substituents is 1. The minimum absolute atomic E-state index is 0.0249. The van der Waals surface area contributed by atoms with E-state index in [4.69, 9.17) is 15.9 Å². The molecular formula is C9H12N2O2. The van der Waals surface area contributed by atoms with Gasteiger partial charge in [0, 0.05) is 12.7 Å². The van der Waals surface area contributed by atoms with Gasteiger partial charge in [0.1, 0.15) is 11.6 Å². The average Bonchev–Trinajstić information content (AvgIpc) is 2.08. The molecule has 13 heavy (non-hydrogen) atoms. The lowest BCUT2D eigenvalue weighted by Crippen LogP contribution is -2.11. The third-order valence-electron chi connectivity index (χ3n) is 1.71. The molecule has 70 valence electrons. The van der Waals surface area contributed by atoms with Crippen molar-refractivity contribution in [2.75, 3.05) is 7.11 Å². The van der Waals surface area contributed by atoms with Gasteiger partial charge in [0.05, 0.1) is 12.2 Å². The molecule has 0 aliphatic heterocycles. The smallest absolute Gasteiger partial charge is 0.131 e. The molecule has 0 fully saturated rings. The van der Waals surface area contributed by atoms with Crippen molar-refractivity contribution in [1.82, 2.24) is 0 Å². The Hall–Kier alpha value is -1.55. The second-order valence-electron chi connectivity index (χ2n) is 2.66. The fourth-order valence-corrected chi connectivity index (χ4v) is 1.08. The molecule has 0 radical (unpaired) electrons. The molecule has 4 heteroatoms. The summed E-state index contributed by atoms with van der Waals surface area (Å²) in [6.07, 6.45) is 0. The van der Waals surface area contributed by atoms with Gasteiger partial charge in [0.25, 0.3) is 0 Å². The fraction of sp³-hybridized carbons (Fsp3) is 0.222. The van der Waals surface area contributed by atoms with Gasteiger partial charge in [0.15, 0.2) is 0 Å². The van der Waals surface area contributed by atoms with Gasteiger partial charge in [-0.05, 0) is 6.07 Å². The standard InChI is InChI=1S/C9H12N2O2/c1-13-5-6-3-2-4-7(8(6)12)9(10)11/h2-4,12H,5H2,1H3,(H3,10,11). The maximum absolute atomic E-state index is 9.59. The van der Waals surface area contributed by atoms with Crippen molar-refractivity contribution < 1.29 is 9.84 Å². The molecule has 4 nitrogen and oxygen atoms in total. The molecule has 0 heterocycles. The van der Waals surface area contributed by atoms with E-state index in [-0.39, 0.29) is 11.6 Å². The van der Waals surface area contributed by atoms with Gasteiger partial charge >= 0.3 is 0 Å². The van der Waals surface area contributed by atoms with Crippen LogP contribution in [0.2, 0.25) is 0 Å². The summed E-state index contributed by atoms with van der Waals surface area (Å²) < 4.78 is 4.87. The topological polar surface area (TPSA) is 79.3 Å². The highest BCUT2D eigenvalue weighted by Crippen LogP contribution is 2.22. The van der Waals surface area contributed by atoms with E-state index in [1.165, 1.54) is 0 Å². The van der Waals surface area contributed by atoms with E-state index < -0.39 is 0 Å². The lowest BCUT2D eigenvalue weighted by atomic mass is 10.1. The quantitative estimate of drug-likeness (QED) is 0.476. The first-order valence-corrected chi connectivity index (χ1v) is 3.81. The molecule has 1 aromatic rings. The first kappa shape index (κ1) is 9.54. The number of methoxy groups -OCH3 is 1. The molecule has 0 spiro atoms. The van der Waals surface area contributed by atoms with Crippen LogP contribution >= 0.6 is 0 Å². The molecule has 0 amide bonds. The van der Waals surface area contributed by atoms with Gasteiger partial charge < -0.3 is 15.6 Å². The predicted molar refractivity (Wildman–Crippen MR) is 49.8 cm³/mol. The molecule has 0 unspecified atom stereocenters. The molecule has 1 aromatic carbocycles. The van der Waals surface area contributed by atoms with E-state index in [9.17, 15) is 5.11 Å². The number of hydrogen-bond acceptors (Lipinski definition) is 3. The van der Waals surface area contributed by atoms with Crippen LogP contribution in [0.3, 0.4) is 0 Å². The second kappa shape index (κ2) is 3.91. The number of benzene rings is 1. The minimum atomic E-state index is -0.143. The number of rotatable bonds is 3. The van der Waals surface area contributed by atoms with Gasteiger partial charge in [-0.25, -0.2) is 0 Å². The SMILES string of the molecule is COCc1cccc(C(=N)N)c1O. The van der Waals surface area contributed by atoms with Crippen LogP contribution in [0, 0.1) is 5.41 Å². The number of hydrogen-bond donors (Lipinski definition) is 3. The van der Waals surface area contributed by atoms with E-state index >= 15 is 0 Å². The van der Waals surface area contributed by atoms with E-state index in [1.807, 2.05) is 0 Å². The first-order chi connectivity index (χ1) is 6.16. The van der Waals surface area contributed by atoms with Gasteiger partial charge in [-0.2, -0.15) is 0 Å². The highest BCUT2D eigenvalue weighted by Gasteiger charge is 2.07. The molecule has 1 rings (SSSR count). The number of para-hydroxylation sites is 1. The Labute approximate surface area is 76.5 Å². The zero-order valence-electron chi connectivity index (χ0n) is 7.37. The van der Waals surface area contributed by atoms with E-state index in [2.05, 4.69) is 0 Å². The molecule has 4 N–H and O–H groups in total. The molecule has 0 aliphatic carbocycles. The lowest BCUT2D eigenvalue weighted by Gasteiger charge is -2.07. The molecular weight excluding hydrogens is 168 g/mol. The summed E-state index contributed by atoms with van der Waals surface area (Å²) in [7, 11) is 1.54. The number of nitrogens with two attached hydrogens (primary N) is 1. The zero-order chi connectivity index (χ0) is 9.84. The van der Waals surface area contributed by atoms with Crippen LogP contribution in [0.1, 0.15) is 11.1 Å². The molecule has 0 aliphatic rings.